The molecule has 15 heavy (non-hydrogen) atoms. The minimum atomic E-state index is -4.25. The lowest BCUT2D eigenvalue weighted by atomic mass is 9.82. The molecule has 0 bridgehead atoms. The monoisotopic (exact) mass is 227 g/mol. The lowest BCUT2D eigenvalue weighted by Gasteiger charge is -2.34. The average molecular weight is 227 g/mol. The molecular weight excluding hydrogens is 210 g/mol. The first-order chi connectivity index (χ1) is 6.81. The number of hydrogen-bond acceptors (Lipinski definition) is 1. The Morgan fingerprint density at radius 3 is 2.33 bits per heavy atom. The maximum absolute atomic E-state index is 14.0. The first-order valence-corrected chi connectivity index (χ1v) is 5.28. The van der Waals surface area contributed by atoms with Crippen LogP contribution in [0, 0.1) is 5.92 Å². The van der Waals surface area contributed by atoms with Crippen LogP contribution in [0.4, 0.5) is 17.6 Å². The summed E-state index contributed by atoms with van der Waals surface area (Å²) in [6.07, 6.45) is -4.19. The Bertz CT molecular complexity index is 194. The van der Waals surface area contributed by atoms with Gasteiger partial charge in [0.1, 0.15) is 5.67 Å². The zero-order valence-electron chi connectivity index (χ0n) is 8.83. The van der Waals surface area contributed by atoms with Gasteiger partial charge in [0.2, 0.25) is 0 Å². The van der Waals surface area contributed by atoms with Crippen LogP contribution in [0.3, 0.4) is 0 Å². The number of nitrogens with one attached hydrogen (secondary N) is 1. The van der Waals surface area contributed by atoms with Gasteiger partial charge in [-0.05, 0) is 32.7 Å². The fourth-order valence-electron chi connectivity index (χ4n) is 1.96. The summed E-state index contributed by atoms with van der Waals surface area (Å²) in [7, 11) is 0. The van der Waals surface area contributed by atoms with Crippen molar-refractivity contribution in [1.29, 1.82) is 0 Å². The third-order valence-electron chi connectivity index (χ3n) is 3.05. The summed E-state index contributed by atoms with van der Waals surface area (Å²) >= 11 is 0. The minimum Gasteiger partial charge on any atom is -0.316 e. The minimum absolute atomic E-state index is 0.284. The van der Waals surface area contributed by atoms with Gasteiger partial charge in [-0.25, -0.2) is 4.39 Å². The Morgan fingerprint density at radius 2 is 1.87 bits per heavy atom. The van der Waals surface area contributed by atoms with Crippen molar-refractivity contribution in [2.24, 2.45) is 5.92 Å². The standard InChI is InChI=1S/C10H17F4N/c1-9(11,4-5-10(12,13)14)8-3-2-6-15-7-8/h8,15H,2-7H2,1H3. The van der Waals surface area contributed by atoms with Gasteiger partial charge in [0.25, 0.3) is 0 Å². The fourth-order valence-corrected chi connectivity index (χ4v) is 1.96. The summed E-state index contributed by atoms with van der Waals surface area (Å²) in [5.74, 6) is -0.284. The van der Waals surface area contributed by atoms with Crippen molar-refractivity contribution in [3.63, 3.8) is 0 Å². The number of hydrogen-bond donors (Lipinski definition) is 1. The quantitative estimate of drug-likeness (QED) is 0.731. The van der Waals surface area contributed by atoms with Crippen molar-refractivity contribution in [3.05, 3.63) is 0 Å². The highest BCUT2D eigenvalue weighted by molar-refractivity contribution is 4.87. The molecule has 5 heteroatoms. The van der Waals surface area contributed by atoms with Crippen molar-refractivity contribution < 1.29 is 17.6 Å². The smallest absolute Gasteiger partial charge is 0.316 e. The van der Waals surface area contributed by atoms with Gasteiger partial charge < -0.3 is 5.32 Å². The second kappa shape index (κ2) is 4.68. The largest absolute Gasteiger partial charge is 0.389 e. The van der Waals surface area contributed by atoms with E-state index in [1.165, 1.54) is 6.92 Å². The van der Waals surface area contributed by atoms with Gasteiger partial charge >= 0.3 is 6.18 Å². The van der Waals surface area contributed by atoms with Crippen molar-refractivity contribution in [1.82, 2.24) is 5.32 Å². The van der Waals surface area contributed by atoms with E-state index in [0.717, 1.165) is 13.0 Å². The molecule has 0 aromatic heterocycles. The first-order valence-electron chi connectivity index (χ1n) is 5.28. The number of rotatable bonds is 3. The molecule has 1 N–H and O–H groups in total. The summed E-state index contributed by atoms with van der Waals surface area (Å²) in [5.41, 5.74) is -1.71. The summed E-state index contributed by atoms with van der Waals surface area (Å²) in [6.45, 7) is 2.62. The predicted molar refractivity (Wildman–Crippen MR) is 50.4 cm³/mol. The highest BCUT2D eigenvalue weighted by Crippen LogP contribution is 2.35. The number of piperidine rings is 1. The molecule has 1 nitrogen and oxygen atoms in total. The molecule has 2 atom stereocenters. The SMILES string of the molecule is CC(F)(CCC(F)(F)F)C1CCCNC1. The van der Waals surface area contributed by atoms with Crippen LogP contribution in [-0.2, 0) is 0 Å². The molecular formula is C10H17F4N. The van der Waals surface area contributed by atoms with Crippen molar-refractivity contribution in [2.75, 3.05) is 13.1 Å². The van der Waals surface area contributed by atoms with Crippen LogP contribution in [0.2, 0.25) is 0 Å². The zero-order chi connectivity index (χ0) is 11.5. The van der Waals surface area contributed by atoms with Crippen molar-refractivity contribution >= 4 is 0 Å². The van der Waals surface area contributed by atoms with E-state index < -0.39 is 24.7 Å². The topological polar surface area (TPSA) is 12.0 Å². The van der Waals surface area contributed by atoms with E-state index in [1.54, 1.807) is 0 Å². The second-order valence-corrected chi connectivity index (χ2v) is 4.44. The maximum Gasteiger partial charge on any atom is 0.389 e. The molecule has 1 heterocycles. The van der Waals surface area contributed by atoms with E-state index in [1.807, 2.05) is 0 Å². The molecule has 1 fully saturated rings. The maximum atomic E-state index is 14.0. The third-order valence-corrected chi connectivity index (χ3v) is 3.05. The van der Waals surface area contributed by atoms with Crippen molar-refractivity contribution in [3.8, 4) is 0 Å². The number of halogens is 4. The molecule has 1 aliphatic heterocycles. The van der Waals surface area contributed by atoms with Crippen LogP contribution in [0.1, 0.15) is 32.6 Å². The van der Waals surface area contributed by atoms with Gasteiger partial charge in [0.05, 0.1) is 0 Å². The molecule has 1 rings (SSSR count). The zero-order valence-corrected chi connectivity index (χ0v) is 8.83. The molecule has 0 aromatic rings. The summed E-state index contributed by atoms with van der Waals surface area (Å²) in [4.78, 5) is 0. The van der Waals surface area contributed by atoms with Gasteiger partial charge in [-0.15, -0.1) is 0 Å². The van der Waals surface area contributed by atoms with Crippen LogP contribution in [0.15, 0.2) is 0 Å². The van der Waals surface area contributed by atoms with E-state index >= 15 is 0 Å². The molecule has 1 aliphatic rings. The molecule has 90 valence electrons. The molecule has 1 saturated heterocycles. The fraction of sp³-hybridized carbons (Fsp3) is 1.00. The van der Waals surface area contributed by atoms with E-state index in [0.29, 0.717) is 13.0 Å². The summed E-state index contributed by atoms with van der Waals surface area (Å²) < 4.78 is 49.9. The van der Waals surface area contributed by atoms with E-state index in [-0.39, 0.29) is 5.92 Å². The Kier molecular flexibility index (Phi) is 3.98. The molecule has 2 unspecified atom stereocenters. The summed E-state index contributed by atoms with van der Waals surface area (Å²) in [5, 5.41) is 3.02. The van der Waals surface area contributed by atoms with E-state index in [9.17, 15) is 17.6 Å². The average Bonchev–Trinajstić information content (AvgIpc) is 2.16. The van der Waals surface area contributed by atoms with Gasteiger partial charge in [0, 0.05) is 18.9 Å². The molecule has 0 amide bonds. The Morgan fingerprint density at radius 1 is 1.20 bits per heavy atom. The lowest BCUT2D eigenvalue weighted by Crippen LogP contribution is -2.42. The molecule has 0 aliphatic carbocycles. The molecule has 0 saturated carbocycles. The van der Waals surface area contributed by atoms with Gasteiger partial charge in [-0.1, -0.05) is 0 Å². The Balaban J connectivity index is 2.42. The molecule has 0 spiro atoms. The normalized spacial score (nSPS) is 27.4. The van der Waals surface area contributed by atoms with Gasteiger partial charge in [0.15, 0.2) is 0 Å². The third kappa shape index (κ3) is 4.36. The lowest BCUT2D eigenvalue weighted by molar-refractivity contribution is -0.144. The highest BCUT2D eigenvalue weighted by atomic mass is 19.4. The first kappa shape index (κ1) is 12.7. The van der Waals surface area contributed by atoms with Crippen LogP contribution >= 0.6 is 0 Å². The summed E-state index contributed by atoms with van der Waals surface area (Å²) in [6, 6.07) is 0. The van der Waals surface area contributed by atoms with Gasteiger partial charge in [-0.2, -0.15) is 13.2 Å². The second-order valence-electron chi connectivity index (χ2n) is 4.44. The molecule has 0 radical (unpaired) electrons. The molecule has 0 aromatic carbocycles. The van der Waals surface area contributed by atoms with Crippen LogP contribution < -0.4 is 5.32 Å². The van der Waals surface area contributed by atoms with Crippen LogP contribution in [0.5, 0.6) is 0 Å². The van der Waals surface area contributed by atoms with E-state index in [4.69, 9.17) is 0 Å². The van der Waals surface area contributed by atoms with Crippen LogP contribution in [-0.4, -0.2) is 24.9 Å². The number of alkyl halides is 4. The van der Waals surface area contributed by atoms with Crippen LogP contribution in [0.25, 0.3) is 0 Å². The van der Waals surface area contributed by atoms with E-state index in [2.05, 4.69) is 5.32 Å². The Hall–Kier alpha value is -0.320. The van der Waals surface area contributed by atoms with Crippen molar-refractivity contribution in [2.45, 2.75) is 44.5 Å². The van der Waals surface area contributed by atoms with Gasteiger partial charge in [-0.3, -0.25) is 0 Å². The Labute approximate surface area is 87.2 Å². The predicted octanol–water partition coefficient (Wildman–Crippen LogP) is 3.06. The highest BCUT2D eigenvalue weighted by Gasteiger charge is 2.39.